The van der Waals surface area contributed by atoms with E-state index in [0.29, 0.717) is 42.0 Å². The molecular weight excluding hydrogens is 514 g/mol. The van der Waals surface area contributed by atoms with E-state index in [9.17, 15) is 18.5 Å². The summed E-state index contributed by atoms with van der Waals surface area (Å²) in [6.07, 6.45) is 7.32. The van der Waals surface area contributed by atoms with E-state index in [1.165, 1.54) is 28.6 Å². The lowest BCUT2D eigenvalue weighted by Crippen LogP contribution is -2.45. The molecule has 0 amide bonds. The number of nitrogens with zero attached hydrogens (tertiary/aromatic N) is 5. The molecule has 0 unspecified atom stereocenters. The quantitative estimate of drug-likeness (QED) is 0.244. The Bertz CT molecular complexity index is 1250. The highest BCUT2D eigenvalue weighted by molar-refractivity contribution is 7.89. The number of hydrogen-bond acceptors (Lipinski definition) is 9. The monoisotopic (exact) mass is 547 g/mol. The van der Waals surface area contributed by atoms with Crippen LogP contribution in [0.25, 0.3) is 0 Å². The van der Waals surface area contributed by atoms with E-state index in [0.717, 1.165) is 38.5 Å². The molecule has 1 saturated carbocycles. The second kappa shape index (κ2) is 11.8. The van der Waals surface area contributed by atoms with Crippen LogP contribution in [0.2, 0.25) is 0 Å². The van der Waals surface area contributed by atoms with E-state index in [-0.39, 0.29) is 23.4 Å². The number of sulfonamides is 1. The summed E-state index contributed by atoms with van der Waals surface area (Å²) >= 11 is 5.47. The third-order valence-corrected chi connectivity index (χ3v) is 9.28. The Kier molecular flexibility index (Phi) is 8.71. The number of benzene rings is 1. The zero-order chi connectivity index (χ0) is 26.6. The van der Waals surface area contributed by atoms with Gasteiger partial charge in [0.25, 0.3) is 5.69 Å². The molecule has 0 bridgehead atoms. The van der Waals surface area contributed by atoms with Gasteiger partial charge in [-0.05, 0) is 63.7 Å². The molecule has 200 valence electrons. The lowest BCUT2D eigenvalue weighted by molar-refractivity contribution is -0.387. The number of nitro benzene ring substituents is 1. The smallest absolute Gasteiger partial charge is 0.289 e. The summed E-state index contributed by atoms with van der Waals surface area (Å²) in [6, 6.07) is 5.41. The van der Waals surface area contributed by atoms with Gasteiger partial charge in [-0.3, -0.25) is 10.1 Å². The van der Waals surface area contributed by atoms with Gasteiger partial charge in [0.05, 0.1) is 17.1 Å². The van der Waals surface area contributed by atoms with Gasteiger partial charge in [-0.25, -0.2) is 18.4 Å². The van der Waals surface area contributed by atoms with Gasteiger partial charge in [0.2, 0.25) is 10.0 Å². The van der Waals surface area contributed by atoms with Crippen LogP contribution < -0.4 is 4.90 Å². The normalized spacial score (nSPS) is 18.5. The van der Waals surface area contributed by atoms with Crippen LogP contribution in [-0.2, 0) is 14.8 Å². The fraction of sp³-hybridized carbons (Fsp3) is 0.560. The number of aromatic nitrogens is 2. The molecule has 0 N–H and O–H groups in total. The molecule has 12 heteroatoms. The average molecular weight is 548 g/mol. The fourth-order valence-electron chi connectivity index (χ4n) is 5.29. The lowest BCUT2D eigenvalue weighted by atomic mass is 10.1. The van der Waals surface area contributed by atoms with Crippen LogP contribution in [0, 0.1) is 23.0 Å². The summed E-state index contributed by atoms with van der Waals surface area (Å²) in [7, 11) is -4.12. The fourth-order valence-corrected chi connectivity index (χ4v) is 7.26. The van der Waals surface area contributed by atoms with Crippen LogP contribution >= 0.6 is 12.2 Å². The molecule has 37 heavy (non-hydrogen) atoms. The van der Waals surface area contributed by atoms with Gasteiger partial charge >= 0.3 is 0 Å². The molecule has 0 spiro atoms. The van der Waals surface area contributed by atoms with Crippen molar-refractivity contribution in [1.29, 1.82) is 0 Å². The minimum atomic E-state index is -4.12. The van der Waals surface area contributed by atoms with Gasteiger partial charge in [0.15, 0.2) is 9.95 Å². The molecule has 2 fully saturated rings. The van der Waals surface area contributed by atoms with E-state index in [1.807, 2.05) is 6.92 Å². The second-order valence-electron chi connectivity index (χ2n) is 9.56. The van der Waals surface area contributed by atoms with Crippen molar-refractivity contribution in [3.05, 3.63) is 52.0 Å². The van der Waals surface area contributed by atoms with Gasteiger partial charge in [0, 0.05) is 37.9 Å². The average Bonchev–Trinajstić information content (AvgIpc) is 3.56. The second-order valence-corrected chi connectivity index (χ2v) is 11.8. The Morgan fingerprint density at radius 3 is 2.65 bits per heavy atom. The van der Waals surface area contributed by atoms with Gasteiger partial charge in [-0.1, -0.05) is 25.0 Å². The minimum Gasteiger partial charge on any atom is -0.483 e. The highest BCUT2D eigenvalue weighted by atomic mass is 32.2. The molecule has 1 aliphatic carbocycles. The summed E-state index contributed by atoms with van der Waals surface area (Å²) in [6.45, 7) is 5.30. The molecule has 1 saturated heterocycles. The standard InChI is InChI=1S/C25H33N5O5S2/c1-3-35-25(36)21-15-26-18(2)27-24(21)29-14-8-11-20(29)17-28(16-19-9-4-5-10-19)37(33,34)23-13-7-6-12-22(23)30(31)32/h6-7,12-13,15,19-20H,3-5,8-11,14,16-17H2,1-2H3/t20-/m0/s1. The number of para-hydroxylation sites is 1. The molecule has 4 rings (SSSR count). The topological polar surface area (TPSA) is 119 Å². The molecule has 0 radical (unpaired) electrons. The predicted octanol–water partition coefficient (Wildman–Crippen LogP) is 4.26. The zero-order valence-electron chi connectivity index (χ0n) is 21.2. The first-order chi connectivity index (χ1) is 17.7. The first-order valence-corrected chi connectivity index (χ1v) is 14.6. The van der Waals surface area contributed by atoms with Gasteiger partial charge in [0.1, 0.15) is 11.6 Å². The largest absolute Gasteiger partial charge is 0.483 e. The Hall–Kier alpha value is -2.70. The van der Waals surface area contributed by atoms with Crippen molar-refractivity contribution in [1.82, 2.24) is 14.3 Å². The van der Waals surface area contributed by atoms with Crippen molar-refractivity contribution in [3.8, 4) is 0 Å². The number of thiocarbonyl (C=S) groups is 1. The van der Waals surface area contributed by atoms with Crippen LogP contribution in [0.4, 0.5) is 11.5 Å². The van der Waals surface area contributed by atoms with Crippen LogP contribution in [0.15, 0.2) is 35.4 Å². The molecule has 10 nitrogen and oxygen atoms in total. The summed E-state index contributed by atoms with van der Waals surface area (Å²) in [5, 5.41) is 12.0. The van der Waals surface area contributed by atoms with Crippen molar-refractivity contribution in [2.45, 2.75) is 63.3 Å². The van der Waals surface area contributed by atoms with Crippen molar-refractivity contribution in [2.24, 2.45) is 5.92 Å². The highest BCUT2D eigenvalue weighted by Crippen LogP contribution is 2.34. The van der Waals surface area contributed by atoms with Gasteiger partial charge < -0.3 is 9.64 Å². The predicted molar refractivity (Wildman–Crippen MR) is 144 cm³/mol. The van der Waals surface area contributed by atoms with Crippen molar-refractivity contribution >= 4 is 38.8 Å². The summed E-state index contributed by atoms with van der Waals surface area (Å²) < 4.78 is 34.9. The highest BCUT2D eigenvalue weighted by Gasteiger charge is 2.38. The number of ether oxygens (including phenoxy) is 1. The Morgan fingerprint density at radius 2 is 1.95 bits per heavy atom. The van der Waals surface area contributed by atoms with Crippen molar-refractivity contribution < 1.29 is 18.1 Å². The molecule has 1 atom stereocenters. The Morgan fingerprint density at radius 1 is 1.22 bits per heavy atom. The van der Waals surface area contributed by atoms with Crippen LogP contribution in [0.3, 0.4) is 0 Å². The number of rotatable bonds is 10. The Labute approximate surface area is 223 Å². The maximum Gasteiger partial charge on any atom is 0.289 e. The van der Waals surface area contributed by atoms with E-state index in [2.05, 4.69) is 14.9 Å². The van der Waals surface area contributed by atoms with Crippen molar-refractivity contribution in [3.63, 3.8) is 0 Å². The van der Waals surface area contributed by atoms with Crippen LogP contribution in [0.1, 0.15) is 56.8 Å². The van der Waals surface area contributed by atoms with Gasteiger partial charge in [-0.2, -0.15) is 4.31 Å². The van der Waals surface area contributed by atoms with Crippen molar-refractivity contribution in [2.75, 3.05) is 31.1 Å². The molecule has 2 aromatic rings. The van der Waals surface area contributed by atoms with Crippen LogP contribution in [0.5, 0.6) is 0 Å². The SMILES string of the molecule is CCOC(=S)c1cnc(C)nc1N1CCC[C@H]1CN(CC1CCCC1)S(=O)(=O)c1ccccc1[N+](=O)[O-]. The number of anilines is 1. The minimum absolute atomic E-state index is 0.170. The summed E-state index contributed by atoms with van der Waals surface area (Å²) in [5.41, 5.74) is 0.205. The lowest BCUT2D eigenvalue weighted by Gasteiger charge is -2.33. The van der Waals surface area contributed by atoms with Gasteiger partial charge in [-0.15, -0.1) is 0 Å². The number of nitro groups is 1. The maximum atomic E-state index is 13.9. The Balaban J connectivity index is 1.69. The van der Waals surface area contributed by atoms with E-state index >= 15 is 0 Å². The molecule has 2 aliphatic rings. The molecule has 1 aromatic heterocycles. The summed E-state index contributed by atoms with van der Waals surface area (Å²) in [4.78, 5) is 21.8. The molecule has 2 heterocycles. The maximum absolute atomic E-state index is 13.9. The molecule has 1 aromatic carbocycles. The summed E-state index contributed by atoms with van der Waals surface area (Å²) in [5.74, 6) is 1.45. The number of hydrogen-bond donors (Lipinski definition) is 0. The number of aryl methyl sites for hydroxylation is 1. The first-order valence-electron chi connectivity index (χ1n) is 12.7. The third kappa shape index (κ3) is 6.07. The molecule has 1 aliphatic heterocycles. The zero-order valence-corrected chi connectivity index (χ0v) is 22.8. The van der Waals surface area contributed by atoms with E-state index in [1.54, 1.807) is 13.1 Å². The van der Waals surface area contributed by atoms with E-state index < -0.39 is 20.6 Å². The molecular formula is C25H33N5O5S2. The third-order valence-electron chi connectivity index (χ3n) is 7.06. The van der Waals surface area contributed by atoms with Crippen LogP contribution in [-0.4, -0.2) is 64.9 Å². The van der Waals surface area contributed by atoms with E-state index in [4.69, 9.17) is 17.0 Å². The first kappa shape index (κ1) is 27.3.